The predicted molar refractivity (Wildman–Crippen MR) is 54.0 cm³/mol. The standard InChI is InChI=1S/C9H15FN2S/c1-4-9(13(2,3)10)8(7-12)5-6-11/h8-9H,4-5H2,1-3H3. The highest BCUT2D eigenvalue weighted by Gasteiger charge is 2.30. The van der Waals surface area contributed by atoms with Crippen molar-refractivity contribution in [3.05, 3.63) is 0 Å². The highest BCUT2D eigenvalue weighted by Crippen LogP contribution is 2.51. The van der Waals surface area contributed by atoms with Crippen molar-refractivity contribution in [1.82, 2.24) is 0 Å². The topological polar surface area (TPSA) is 47.6 Å². The molecule has 0 fully saturated rings. The Bertz CT molecular complexity index is 233. The van der Waals surface area contributed by atoms with Gasteiger partial charge in [0, 0.05) is 5.25 Å². The maximum atomic E-state index is 13.6. The third-order valence-electron chi connectivity index (χ3n) is 2.05. The van der Waals surface area contributed by atoms with Crippen LogP contribution in [-0.4, -0.2) is 17.8 Å². The molecular formula is C9H15FN2S. The Morgan fingerprint density at radius 2 is 1.92 bits per heavy atom. The molecule has 0 saturated carbocycles. The molecule has 0 rings (SSSR count). The highest BCUT2D eigenvalue weighted by atomic mass is 32.3. The number of nitrogens with zero attached hydrogens (tertiary/aromatic N) is 2. The molecule has 0 aromatic carbocycles. The molecule has 0 saturated heterocycles. The van der Waals surface area contributed by atoms with E-state index in [1.165, 1.54) is 0 Å². The molecule has 4 heteroatoms. The van der Waals surface area contributed by atoms with Gasteiger partial charge in [0.2, 0.25) is 0 Å². The number of hydrogen-bond donors (Lipinski definition) is 0. The van der Waals surface area contributed by atoms with Crippen LogP contribution in [0.5, 0.6) is 0 Å². The number of nitriles is 2. The van der Waals surface area contributed by atoms with E-state index in [0.29, 0.717) is 6.42 Å². The predicted octanol–water partition coefficient (Wildman–Crippen LogP) is 2.77. The number of hydrogen-bond acceptors (Lipinski definition) is 2. The van der Waals surface area contributed by atoms with Gasteiger partial charge in [-0.05, 0) is 18.9 Å². The van der Waals surface area contributed by atoms with Crippen LogP contribution in [0.25, 0.3) is 0 Å². The summed E-state index contributed by atoms with van der Waals surface area (Å²) in [6.07, 6.45) is 3.85. The van der Waals surface area contributed by atoms with Crippen LogP contribution < -0.4 is 0 Å². The first-order valence-electron chi connectivity index (χ1n) is 4.15. The molecular weight excluding hydrogens is 187 g/mol. The second-order valence-corrected chi connectivity index (χ2v) is 6.48. The molecule has 0 radical (unpaired) electrons. The minimum absolute atomic E-state index is 0.134. The summed E-state index contributed by atoms with van der Waals surface area (Å²) in [5.74, 6) is -0.454. The van der Waals surface area contributed by atoms with Crippen molar-refractivity contribution < 1.29 is 3.89 Å². The van der Waals surface area contributed by atoms with Crippen molar-refractivity contribution in [3.8, 4) is 12.1 Å². The maximum Gasteiger partial charge on any atom is 0.0719 e. The Labute approximate surface area is 81.0 Å². The molecule has 0 aliphatic heterocycles. The molecule has 2 unspecified atom stereocenters. The average molecular weight is 202 g/mol. The molecule has 2 nitrogen and oxygen atoms in total. The SMILES string of the molecule is CCC(C(C#N)CC#N)S(C)(C)F. The van der Waals surface area contributed by atoms with Crippen LogP contribution in [0.2, 0.25) is 0 Å². The van der Waals surface area contributed by atoms with Gasteiger partial charge in [0.15, 0.2) is 0 Å². The third-order valence-corrected chi connectivity index (χ3v) is 4.15. The molecule has 0 heterocycles. The molecule has 2 atom stereocenters. The lowest BCUT2D eigenvalue weighted by Gasteiger charge is -2.32. The Morgan fingerprint density at radius 1 is 1.38 bits per heavy atom. The monoisotopic (exact) mass is 202 g/mol. The van der Waals surface area contributed by atoms with Crippen molar-refractivity contribution in [2.45, 2.75) is 25.0 Å². The summed E-state index contributed by atoms with van der Waals surface area (Å²) in [4.78, 5) is 0. The molecule has 0 aromatic rings. The summed E-state index contributed by atoms with van der Waals surface area (Å²) in [6.45, 7) is 1.86. The maximum absolute atomic E-state index is 13.6. The van der Waals surface area contributed by atoms with Crippen molar-refractivity contribution >= 4 is 10.4 Å². The lowest BCUT2D eigenvalue weighted by atomic mass is 10.0. The molecule has 0 spiro atoms. The zero-order valence-electron chi connectivity index (χ0n) is 8.25. The molecule has 0 aromatic heterocycles. The summed E-state index contributed by atoms with van der Waals surface area (Å²) in [6, 6.07) is 3.95. The fraction of sp³-hybridized carbons (Fsp3) is 0.778. The average Bonchev–Trinajstić information content (AvgIpc) is 2.01. The summed E-state index contributed by atoms with van der Waals surface area (Å²) >= 11 is 0. The van der Waals surface area contributed by atoms with Crippen LogP contribution in [-0.2, 0) is 0 Å². The smallest absolute Gasteiger partial charge is 0.0719 e. The van der Waals surface area contributed by atoms with Crippen molar-refractivity contribution in [1.29, 1.82) is 10.5 Å². The lowest BCUT2D eigenvalue weighted by molar-refractivity contribution is 0.601. The normalized spacial score (nSPS) is 16.8. The fourth-order valence-corrected chi connectivity index (χ4v) is 3.16. The third kappa shape index (κ3) is 3.65. The Hall–Kier alpha value is -0.740. The van der Waals surface area contributed by atoms with Gasteiger partial charge in [-0.2, -0.15) is 14.4 Å². The molecule has 74 valence electrons. The van der Waals surface area contributed by atoms with E-state index < -0.39 is 16.3 Å². The van der Waals surface area contributed by atoms with Crippen LogP contribution in [0.1, 0.15) is 19.8 Å². The van der Waals surface area contributed by atoms with Gasteiger partial charge in [-0.15, -0.1) is 0 Å². The molecule has 0 aliphatic rings. The second kappa shape index (κ2) is 5.09. The highest BCUT2D eigenvalue weighted by molar-refractivity contribution is 8.29. The molecule has 0 aliphatic carbocycles. The lowest BCUT2D eigenvalue weighted by Crippen LogP contribution is -2.22. The zero-order chi connectivity index (χ0) is 10.5. The van der Waals surface area contributed by atoms with E-state index in [4.69, 9.17) is 10.5 Å². The molecule has 0 amide bonds. The van der Waals surface area contributed by atoms with Crippen molar-refractivity contribution in [2.75, 3.05) is 12.5 Å². The van der Waals surface area contributed by atoms with E-state index >= 15 is 0 Å². The minimum atomic E-state index is -2.22. The molecule has 0 N–H and O–H groups in total. The van der Waals surface area contributed by atoms with Crippen LogP contribution in [0.4, 0.5) is 3.89 Å². The van der Waals surface area contributed by atoms with Gasteiger partial charge in [-0.1, -0.05) is 17.3 Å². The van der Waals surface area contributed by atoms with Crippen molar-refractivity contribution in [3.63, 3.8) is 0 Å². The van der Waals surface area contributed by atoms with Gasteiger partial charge < -0.3 is 0 Å². The van der Waals surface area contributed by atoms with Crippen LogP contribution in [0.15, 0.2) is 0 Å². The summed E-state index contributed by atoms with van der Waals surface area (Å²) in [5, 5.41) is 17.0. The minimum Gasteiger partial charge on any atom is -0.198 e. The number of halogens is 1. The largest absolute Gasteiger partial charge is 0.198 e. The zero-order valence-corrected chi connectivity index (χ0v) is 9.07. The number of rotatable bonds is 4. The Balaban J connectivity index is 4.58. The van der Waals surface area contributed by atoms with Gasteiger partial charge in [-0.25, -0.2) is 0 Å². The van der Waals surface area contributed by atoms with Gasteiger partial charge >= 0.3 is 0 Å². The van der Waals surface area contributed by atoms with E-state index in [1.54, 1.807) is 12.5 Å². The van der Waals surface area contributed by atoms with E-state index in [0.717, 1.165) is 0 Å². The van der Waals surface area contributed by atoms with Crippen LogP contribution in [0, 0.1) is 28.6 Å². The van der Waals surface area contributed by atoms with E-state index in [2.05, 4.69) is 0 Å². The first kappa shape index (κ1) is 12.3. The molecule has 13 heavy (non-hydrogen) atoms. The van der Waals surface area contributed by atoms with Crippen molar-refractivity contribution in [2.24, 2.45) is 5.92 Å². The van der Waals surface area contributed by atoms with E-state index in [1.807, 2.05) is 19.1 Å². The molecule has 0 bridgehead atoms. The summed E-state index contributed by atoms with van der Waals surface area (Å²) < 4.78 is 13.6. The summed E-state index contributed by atoms with van der Waals surface area (Å²) in [5.41, 5.74) is 0. The van der Waals surface area contributed by atoms with E-state index in [-0.39, 0.29) is 11.7 Å². The summed E-state index contributed by atoms with van der Waals surface area (Å²) in [7, 11) is -2.22. The quantitative estimate of drug-likeness (QED) is 0.703. The van der Waals surface area contributed by atoms with Gasteiger partial charge in [0.25, 0.3) is 0 Å². The second-order valence-electron chi connectivity index (χ2n) is 3.32. The fourth-order valence-electron chi connectivity index (χ4n) is 1.43. The van der Waals surface area contributed by atoms with E-state index in [9.17, 15) is 3.89 Å². The van der Waals surface area contributed by atoms with Crippen LogP contribution in [0.3, 0.4) is 0 Å². The van der Waals surface area contributed by atoms with Gasteiger partial charge in [0.1, 0.15) is 0 Å². The Morgan fingerprint density at radius 3 is 2.15 bits per heavy atom. The first-order valence-corrected chi connectivity index (χ1v) is 6.57. The Kier molecular flexibility index (Phi) is 4.80. The first-order chi connectivity index (χ1) is 5.97. The van der Waals surface area contributed by atoms with Gasteiger partial charge in [0.05, 0.1) is 24.5 Å². The van der Waals surface area contributed by atoms with Crippen LogP contribution >= 0.6 is 10.4 Å². The van der Waals surface area contributed by atoms with Gasteiger partial charge in [-0.3, -0.25) is 0 Å².